The van der Waals surface area contributed by atoms with E-state index >= 15 is 0 Å². The Morgan fingerprint density at radius 1 is 1.37 bits per heavy atom. The molecule has 0 bridgehead atoms. The van der Waals surface area contributed by atoms with Crippen molar-refractivity contribution in [3.05, 3.63) is 35.4 Å². The quantitative estimate of drug-likeness (QED) is 0.584. The van der Waals surface area contributed by atoms with Crippen molar-refractivity contribution in [1.29, 1.82) is 0 Å². The summed E-state index contributed by atoms with van der Waals surface area (Å²) in [6.07, 6.45) is 1.66. The lowest BCUT2D eigenvalue weighted by Crippen LogP contribution is -2.17. The Morgan fingerprint density at radius 2 is 2.16 bits per heavy atom. The summed E-state index contributed by atoms with van der Waals surface area (Å²) in [6.45, 7) is 2.56. The summed E-state index contributed by atoms with van der Waals surface area (Å²) in [4.78, 5) is 22.6. The lowest BCUT2D eigenvalue weighted by Gasteiger charge is -2.10. The summed E-state index contributed by atoms with van der Waals surface area (Å²) in [5, 5.41) is 0. The Kier molecular flexibility index (Phi) is 4.68. The van der Waals surface area contributed by atoms with Gasteiger partial charge in [0.1, 0.15) is 0 Å². The van der Waals surface area contributed by atoms with Crippen molar-refractivity contribution in [2.75, 3.05) is 6.61 Å². The summed E-state index contributed by atoms with van der Waals surface area (Å²) >= 11 is 0. The Balaban J connectivity index is 1.79. The Morgan fingerprint density at radius 3 is 2.95 bits per heavy atom. The van der Waals surface area contributed by atoms with Crippen molar-refractivity contribution in [2.24, 2.45) is 0 Å². The van der Waals surface area contributed by atoms with Crippen LogP contribution in [0.5, 0.6) is 0 Å². The van der Waals surface area contributed by atoms with Crippen LogP contribution in [-0.4, -0.2) is 18.4 Å². The molecule has 1 heterocycles. The van der Waals surface area contributed by atoms with Gasteiger partial charge in [-0.05, 0) is 30.9 Å². The van der Waals surface area contributed by atoms with Gasteiger partial charge in [0, 0.05) is 6.42 Å². The average Bonchev–Trinajstić information content (AvgIpc) is 2.82. The first-order chi connectivity index (χ1) is 9.22. The van der Waals surface area contributed by atoms with Gasteiger partial charge in [-0.3, -0.25) is 4.79 Å². The molecule has 0 spiro atoms. The van der Waals surface area contributed by atoms with Gasteiger partial charge in [-0.25, -0.2) is 4.79 Å². The largest absolute Gasteiger partial charge is 0.460 e. The van der Waals surface area contributed by atoms with E-state index in [1.54, 1.807) is 6.92 Å². The summed E-state index contributed by atoms with van der Waals surface area (Å²) in [7, 11) is 0. The van der Waals surface area contributed by atoms with Gasteiger partial charge in [0.05, 0.1) is 19.3 Å². The molecular formula is C15H18O4. The van der Waals surface area contributed by atoms with Crippen molar-refractivity contribution in [3.63, 3.8) is 0 Å². The highest BCUT2D eigenvalue weighted by atomic mass is 16.5. The number of carbonyl (C=O) groups excluding carboxylic acids is 2. The third-order valence-corrected chi connectivity index (χ3v) is 3.22. The molecule has 0 saturated carbocycles. The van der Waals surface area contributed by atoms with Crippen LogP contribution in [0, 0.1) is 0 Å². The maximum atomic E-state index is 11.4. The minimum Gasteiger partial charge on any atom is -0.460 e. The van der Waals surface area contributed by atoms with Crippen LogP contribution in [-0.2, 0) is 25.7 Å². The van der Waals surface area contributed by atoms with E-state index < -0.39 is 11.8 Å². The summed E-state index contributed by atoms with van der Waals surface area (Å²) in [6, 6.07) is 8.10. The molecule has 0 saturated heterocycles. The van der Waals surface area contributed by atoms with E-state index in [4.69, 9.17) is 4.74 Å². The number of hydrogen-bond donors (Lipinski definition) is 0. The van der Waals surface area contributed by atoms with Crippen LogP contribution in [0.15, 0.2) is 24.3 Å². The van der Waals surface area contributed by atoms with Crippen LogP contribution in [0.25, 0.3) is 0 Å². The zero-order valence-electron chi connectivity index (χ0n) is 11.1. The van der Waals surface area contributed by atoms with Crippen molar-refractivity contribution in [2.45, 2.75) is 38.9 Å². The Hall–Kier alpha value is -1.68. The highest BCUT2D eigenvalue weighted by molar-refractivity contribution is 6.33. The molecule has 1 aromatic carbocycles. The normalized spacial score (nSPS) is 17.0. The van der Waals surface area contributed by atoms with Gasteiger partial charge in [-0.1, -0.05) is 24.3 Å². The van der Waals surface area contributed by atoms with Gasteiger partial charge in [-0.2, -0.15) is 0 Å². The fraction of sp³-hybridized carbons (Fsp3) is 0.467. The lowest BCUT2D eigenvalue weighted by molar-refractivity contribution is -0.153. The molecule has 1 atom stereocenters. The number of benzene rings is 1. The first-order valence-electron chi connectivity index (χ1n) is 6.61. The third kappa shape index (κ3) is 3.41. The monoisotopic (exact) mass is 262 g/mol. The standard InChI is InChI=1S/C15H18O4/c1-2-18-15(17)13(16)8-5-9-14-12-7-4-3-6-11(12)10-19-14/h3-4,6-7,14H,2,5,8-10H2,1H3. The number of ketones is 1. The zero-order valence-corrected chi connectivity index (χ0v) is 11.1. The van der Waals surface area contributed by atoms with Crippen LogP contribution in [0.3, 0.4) is 0 Å². The average molecular weight is 262 g/mol. The van der Waals surface area contributed by atoms with Gasteiger partial charge in [0.2, 0.25) is 5.78 Å². The van der Waals surface area contributed by atoms with E-state index in [2.05, 4.69) is 16.9 Å². The Bertz CT molecular complexity index is 467. The van der Waals surface area contributed by atoms with E-state index in [-0.39, 0.29) is 19.1 Å². The Labute approximate surface area is 112 Å². The number of esters is 1. The number of ether oxygens (including phenoxy) is 2. The maximum absolute atomic E-state index is 11.4. The first-order valence-corrected chi connectivity index (χ1v) is 6.61. The fourth-order valence-corrected chi connectivity index (χ4v) is 2.26. The van der Waals surface area contributed by atoms with Gasteiger partial charge >= 0.3 is 5.97 Å². The molecule has 1 unspecified atom stereocenters. The van der Waals surface area contributed by atoms with Gasteiger partial charge < -0.3 is 9.47 Å². The van der Waals surface area contributed by atoms with Crippen LogP contribution in [0.1, 0.15) is 43.4 Å². The van der Waals surface area contributed by atoms with Crippen LogP contribution in [0.4, 0.5) is 0 Å². The van der Waals surface area contributed by atoms with Gasteiger partial charge in [0.15, 0.2) is 0 Å². The first kappa shape index (κ1) is 13.7. The molecular weight excluding hydrogens is 244 g/mol. The molecule has 0 radical (unpaired) electrons. The van der Waals surface area contributed by atoms with Gasteiger partial charge in [-0.15, -0.1) is 0 Å². The lowest BCUT2D eigenvalue weighted by atomic mass is 10.0. The molecule has 0 aromatic heterocycles. The minimum atomic E-state index is -0.727. The van der Waals surface area contributed by atoms with Crippen molar-refractivity contribution in [3.8, 4) is 0 Å². The molecule has 2 rings (SSSR count). The number of fused-ring (bicyclic) bond motifs is 1. The highest BCUT2D eigenvalue weighted by Crippen LogP contribution is 2.33. The molecule has 0 amide bonds. The second-order valence-electron chi connectivity index (χ2n) is 4.53. The van der Waals surface area contributed by atoms with E-state index in [9.17, 15) is 9.59 Å². The molecule has 1 aliphatic heterocycles. The topological polar surface area (TPSA) is 52.6 Å². The van der Waals surface area contributed by atoms with E-state index in [0.717, 1.165) is 6.42 Å². The molecule has 1 aromatic rings. The SMILES string of the molecule is CCOC(=O)C(=O)CCCC1OCc2ccccc21. The molecule has 1 aliphatic rings. The summed E-state index contributed by atoms with van der Waals surface area (Å²) in [5.41, 5.74) is 2.41. The summed E-state index contributed by atoms with van der Waals surface area (Å²) < 4.78 is 10.3. The second-order valence-corrected chi connectivity index (χ2v) is 4.53. The second kappa shape index (κ2) is 6.48. The maximum Gasteiger partial charge on any atom is 0.374 e. The highest BCUT2D eigenvalue weighted by Gasteiger charge is 2.23. The van der Waals surface area contributed by atoms with Crippen molar-refractivity contribution < 1.29 is 19.1 Å². The molecule has 0 aliphatic carbocycles. The van der Waals surface area contributed by atoms with E-state index in [0.29, 0.717) is 13.0 Å². The molecule has 19 heavy (non-hydrogen) atoms. The smallest absolute Gasteiger partial charge is 0.374 e. The van der Waals surface area contributed by atoms with Crippen LogP contribution < -0.4 is 0 Å². The van der Waals surface area contributed by atoms with Crippen LogP contribution >= 0.6 is 0 Å². The van der Waals surface area contributed by atoms with Crippen LogP contribution in [0.2, 0.25) is 0 Å². The fourth-order valence-electron chi connectivity index (χ4n) is 2.26. The van der Waals surface area contributed by atoms with Crippen molar-refractivity contribution >= 4 is 11.8 Å². The zero-order chi connectivity index (χ0) is 13.7. The number of carbonyl (C=O) groups is 2. The predicted octanol–water partition coefficient (Wildman–Crippen LogP) is 2.56. The van der Waals surface area contributed by atoms with Crippen molar-refractivity contribution in [1.82, 2.24) is 0 Å². The molecule has 102 valence electrons. The van der Waals surface area contributed by atoms with E-state index in [1.165, 1.54) is 11.1 Å². The number of Topliss-reactive ketones (excluding diaryl/α,β-unsaturated/α-hetero) is 1. The number of rotatable bonds is 6. The predicted molar refractivity (Wildman–Crippen MR) is 69.5 cm³/mol. The summed E-state index contributed by atoms with van der Waals surface area (Å²) in [5.74, 6) is -1.18. The molecule has 4 nitrogen and oxygen atoms in total. The third-order valence-electron chi connectivity index (χ3n) is 3.22. The minimum absolute atomic E-state index is 0.0474. The van der Waals surface area contributed by atoms with E-state index in [1.807, 2.05) is 12.1 Å². The molecule has 4 heteroatoms. The van der Waals surface area contributed by atoms with Gasteiger partial charge in [0.25, 0.3) is 0 Å². The molecule has 0 fully saturated rings. The number of hydrogen-bond acceptors (Lipinski definition) is 4. The molecule has 0 N–H and O–H groups in total.